The Kier molecular flexibility index (Phi) is 5.58. The fourth-order valence-corrected chi connectivity index (χ4v) is 3.97. The summed E-state index contributed by atoms with van der Waals surface area (Å²) in [4.78, 5) is 26.1. The highest BCUT2D eigenvalue weighted by molar-refractivity contribution is 7.13. The predicted molar refractivity (Wildman–Crippen MR) is 97.0 cm³/mol. The van der Waals surface area contributed by atoms with Gasteiger partial charge in [0.1, 0.15) is 5.01 Å². The van der Waals surface area contributed by atoms with Crippen LogP contribution in [-0.4, -0.2) is 58.4 Å². The van der Waals surface area contributed by atoms with Crippen LogP contribution in [0.15, 0.2) is 29.8 Å². The largest absolute Gasteiger partial charge is 0.338 e. The normalized spacial score (nSPS) is 19.2. The van der Waals surface area contributed by atoms with Crippen molar-refractivity contribution in [1.82, 2.24) is 19.8 Å². The van der Waals surface area contributed by atoms with Gasteiger partial charge in [-0.05, 0) is 38.6 Å². The highest BCUT2D eigenvalue weighted by Gasteiger charge is 2.26. The Hall–Kier alpha value is -1.79. The van der Waals surface area contributed by atoms with Crippen molar-refractivity contribution in [1.29, 1.82) is 0 Å². The molecule has 5 nitrogen and oxygen atoms in total. The van der Waals surface area contributed by atoms with Crippen LogP contribution in [-0.2, 0) is 11.2 Å². The summed E-state index contributed by atoms with van der Waals surface area (Å²) in [6.07, 6.45) is 4.17. The van der Waals surface area contributed by atoms with Crippen LogP contribution in [0.2, 0.25) is 0 Å². The molecule has 0 unspecified atom stereocenters. The molecule has 0 spiro atoms. The number of aromatic nitrogens is 2. The molecular formula is C18H24N4OS. The molecule has 24 heavy (non-hydrogen) atoms. The van der Waals surface area contributed by atoms with E-state index >= 15 is 0 Å². The average Bonchev–Trinajstić information content (AvgIpc) is 2.97. The van der Waals surface area contributed by atoms with Crippen molar-refractivity contribution >= 4 is 17.2 Å². The summed E-state index contributed by atoms with van der Waals surface area (Å²) in [5, 5.41) is 2.85. The van der Waals surface area contributed by atoms with Crippen molar-refractivity contribution < 1.29 is 4.79 Å². The first-order chi connectivity index (χ1) is 11.7. The highest BCUT2D eigenvalue weighted by atomic mass is 32.1. The first kappa shape index (κ1) is 17.0. The van der Waals surface area contributed by atoms with Crippen LogP contribution in [0.25, 0.3) is 10.7 Å². The minimum Gasteiger partial charge on any atom is -0.338 e. The van der Waals surface area contributed by atoms with Crippen molar-refractivity contribution in [2.45, 2.75) is 32.2 Å². The van der Waals surface area contributed by atoms with Crippen LogP contribution < -0.4 is 0 Å². The molecule has 1 amide bonds. The molecule has 0 radical (unpaired) electrons. The van der Waals surface area contributed by atoms with E-state index < -0.39 is 0 Å². The Morgan fingerprint density at radius 1 is 1.38 bits per heavy atom. The van der Waals surface area contributed by atoms with Crippen molar-refractivity contribution in [2.75, 3.05) is 26.7 Å². The van der Waals surface area contributed by atoms with Gasteiger partial charge in [-0.2, -0.15) is 0 Å². The third-order valence-corrected chi connectivity index (χ3v) is 5.38. The average molecular weight is 344 g/mol. The van der Waals surface area contributed by atoms with Gasteiger partial charge in [-0.25, -0.2) is 4.98 Å². The Morgan fingerprint density at radius 2 is 2.25 bits per heavy atom. The van der Waals surface area contributed by atoms with Crippen LogP contribution in [0, 0.1) is 0 Å². The Bertz CT molecular complexity index is 673. The lowest BCUT2D eigenvalue weighted by Crippen LogP contribution is -2.44. The van der Waals surface area contributed by atoms with E-state index in [2.05, 4.69) is 33.7 Å². The Labute approximate surface area is 147 Å². The fourth-order valence-electron chi connectivity index (χ4n) is 3.17. The minimum atomic E-state index is 0.190. The zero-order valence-electron chi connectivity index (χ0n) is 14.3. The number of thiazole rings is 1. The number of hydrogen-bond acceptors (Lipinski definition) is 5. The molecule has 128 valence electrons. The summed E-state index contributed by atoms with van der Waals surface area (Å²) < 4.78 is 0. The summed E-state index contributed by atoms with van der Waals surface area (Å²) >= 11 is 1.55. The van der Waals surface area contributed by atoms with Crippen molar-refractivity contribution in [2.24, 2.45) is 0 Å². The van der Waals surface area contributed by atoms with Gasteiger partial charge in [0.05, 0.1) is 17.8 Å². The van der Waals surface area contributed by atoms with Gasteiger partial charge in [0.25, 0.3) is 0 Å². The molecule has 1 atom stereocenters. The molecule has 0 N–H and O–H groups in total. The molecule has 1 aliphatic rings. The molecule has 3 rings (SSSR count). The number of carbonyl (C=O) groups excluding carboxylic acids is 1. The van der Waals surface area contributed by atoms with Crippen LogP contribution >= 0.6 is 11.3 Å². The Morgan fingerprint density at radius 3 is 3.00 bits per heavy atom. The van der Waals surface area contributed by atoms with E-state index in [1.54, 1.807) is 17.5 Å². The molecule has 1 aliphatic heterocycles. The van der Waals surface area contributed by atoms with E-state index in [1.807, 2.05) is 23.6 Å². The molecule has 0 saturated carbocycles. The zero-order chi connectivity index (χ0) is 16.9. The third-order valence-electron chi connectivity index (χ3n) is 4.46. The van der Waals surface area contributed by atoms with Crippen molar-refractivity contribution in [3.63, 3.8) is 0 Å². The number of nitrogens with zero attached hydrogens (tertiary/aromatic N) is 4. The Balaban J connectivity index is 1.69. The number of amides is 1. The SMILES string of the molecule is CC[C@@H]1CN(C)CCCN1C(=O)Cc1csc(-c2ccccn2)n1. The van der Waals surface area contributed by atoms with Crippen LogP contribution in [0.5, 0.6) is 0 Å². The lowest BCUT2D eigenvalue weighted by molar-refractivity contribution is -0.132. The van der Waals surface area contributed by atoms with Crippen LogP contribution in [0.4, 0.5) is 0 Å². The van der Waals surface area contributed by atoms with E-state index in [1.165, 1.54) is 0 Å². The van der Waals surface area contributed by atoms with Crippen LogP contribution in [0.3, 0.4) is 0 Å². The summed E-state index contributed by atoms with van der Waals surface area (Å²) in [5.41, 5.74) is 1.71. The van der Waals surface area contributed by atoms with Crippen LogP contribution in [0.1, 0.15) is 25.5 Å². The number of rotatable bonds is 4. The maximum absolute atomic E-state index is 12.8. The minimum absolute atomic E-state index is 0.190. The summed E-state index contributed by atoms with van der Waals surface area (Å²) in [7, 11) is 2.14. The topological polar surface area (TPSA) is 49.3 Å². The molecule has 6 heteroatoms. The molecule has 0 aromatic carbocycles. The van der Waals surface area contributed by atoms with Gasteiger partial charge < -0.3 is 9.80 Å². The zero-order valence-corrected chi connectivity index (χ0v) is 15.1. The van der Waals surface area contributed by atoms with Crippen molar-refractivity contribution in [3.05, 3.63) is 35.5 Å². The fraction of sp³-hybridized carbons (Fsp3) is 0.500. The molecule has 0 bridgehead atoms. The third kappa shape index (κ3) is 3.99. The van der Waals surface area contributed by atoms with Gasteiger partial charge in [-0.3, -0.25) is 9.78 Å². The first-order valence-corrected chi connectivity index (χ1v) is 9.39. The lowest BCUT2D eigenvalue weighted by atomic mass is 10.1. The maximum atomic E-state index is 12.8. The standard InChI is InChI=1S/C18H24N4OS/c1-3-15-12-21(2)9-6-10-22(15)17(23)11-14-13-24-18(20-14)16-7-4-5-8-19-16/h4-5,7-8,13,15H,3,6,9-12H2,1-2H3/t15-/m1/s1. The predicted octanol–water partition coefficient (Wildman–Crippen LogP) is 2.69. The molecule has 3 heterocycles. The second kappa shape index (κ2) is 7.85. The van der Waals surface area contributed by atoms with E-state index in [0.717, 1.165) is 48.9 Å². The maximum Gasteiger partial charge on any atom is 0.228 e. The van der Waals surface area contributed by atoms with E-state index in [9.17, 15) is 4.79 Å². The first-order valence-electron chi connectivity index (χ1n) is 8.51. The molecule has 1 fully saturated rings. The lowest BCUT2D eigenvalue weighted by Gasteiger charge is -2.30. The van der Waals surface area contributed by atoms with E-state index in [-0.39, 0.29) is 5.91 Å². The second-order valence-corrected chi connectivity index (χ2v) is 7.16. The molecule has 0 aliphatic carbocycles. The smallest absolute Gasteiger partial charge is 0.228 e. The quantitative estimate of drug-likeness (QED) is 0.856. The number of pyridine rings is 1. The van der Waals surface area contributed by atoms with E-state index in [4.69, 9.17) is 0 Å². The number of likely N-dealkylation sites (N-methyl/N-ethyl adjacent to an activating group) is 1. The van der Waals surface area contributed by atoms with Crippen molar-refractivity contribution in [3.8, 4) is 10.7 Å². The van der Waals surface area contributed by atoms with Gasteiger partial charge in [-0.1, -0.05) is 13.0 Å². The molecule has 1 saturated heterocycles. The van der Waals surface area contributed by atoms with E-state index in [0.29, 0.717) is 12.5 Å². The molecule has 2 aromatic heterocycles. The second-order valence-electron chi connectivity index (χ2n) is 6.30. The summed E-state index contributed by atoms with van der Waals surface area (Å²) in [6.45, 7) is 5.02. The highest BCUT2D eigenvalue weighted by Crippen LogP contribution is 2.22. The monoisotopic (exact) mass is 344 g/mol. The summed E-state index contributed by atoms with van der Waals surface area (Å²) in [5.74, 6) is 0.190. The van der Waals surface area contributed by atoms with Gasteiger partial charge in [0, 0.05) is 30.7 Å². The van der Waals surface area contributed by atoms with Gasteiger partial charge >= 0.3 is 0 Å². The number of carbonyl (C=O) groups is 1. The van der Waals surface area contributed by atoms with Gasteiger partial charge in [0.2, 0.25) is 5.91 Å². The summed E-state index contributed by atoms with van der Waals surface area (Å²) in [6, 6.07) is 6.10. The van der Waals surface area contributed by atoms with Gasteiger partial charge in [-0.15, -0.1) is 11.3 Å². The van der Waals surface area contributed by atoms with Gasteiger partial charge in [0.15, 0.2) is 0 Å². The molecule has 2 aromatic rings. The number of hydrogen-bond donors (Lipinski definition) is 0. The molecular weight excluding hydrogens is 320 g/mol.